The Balaban J connectivity index is 2.38. The first-order valence-corrected chi connectivity index (χ1v) is 9.09. The number of unbranched alkanes of at least 4 members (excludes halogenated alkanes) is 1. The first-order valence-electron chi connectivity index (χ1n) is 9.09. The van der Waals surface area contributed by atoms with Crippen LogP contribution in [0, 0.1) is 0 Å². The van der Waals surface area contributed by atoms with Crippen LogP contribution in [0.4, 0.5) is 4.79 Å². The molecule has 0 bridgehead atoms. The number of rotatable bonds is 8. The van der Waals surface area contributed by atoms with Gasteiger partial charge in [-0.15, -0.1) is 0 Å². The molecule has 1 atom stereocenters. The minimum Gasteiger partial charge on any atom is -0.460 e. The summed E-state index contributed by atoms with van der Waals surface area (Å²) in [5, 5.41) is 2.98. The molecule has 2 amide bonds. The number of esters is 1. The van der Waals surface area contributed by atoms with Crippen molar-refractivity contribution < 1.29 is 19.1 Å². The lowest BCUT2D eigenvalue weighted by Crippen LogP contribution is -2.49. The molecule has 0 spiro atoms. The minimum atomic E-state index is -0.455. The smallest absolute Gasteiger partial charge is 0.317 e. The second-order valence-corrected chi connectivity index (χ2v) is 7.40. The summed E-state index contributed by atoms with van der Waals surface area (Å²) in [6.07, 6.45) is 5.98. The first kappa shape index (κ1) is 20.7. The number of carbonyl (C=O) groups is 2. The Morgan fingerprint density at radius 3 is 2.62 bits per heavy atom. The van der Waals surface area contributed by atoms with E-state index in [2.05, 4.69) is 5.32 Å². The zero-order valence-corrected chi connectivity index (χ0v) is 15.7. The van der Waals surface area contributed by atoms with E-state index >= 15 is 0 Å². The molecule has 0 aromatic heterocycles. The maximum Gasteiger partial charge on any atom is 0.317 e. The molecule has 0 aromatic rings. The van der Waals surface area contributed by atoms with E-state index in [1.54, 1.807) is 7.11 Å². The Kier molecular flexibility index (Phi) is 9.11. The highest BCUT2D eigenvalue weighted by Gasteiger charge is 2.27. The van der Waals surface area contributed by atoms with Crippen LogP contribution < -0.4 is 5.32 Å². The molecule has 0 aromatic carbocycles. The monoisotopic (exact) mass is 342 g/mol. The van der Waals surface area contributed by atoms with Crippen LogP contribution in [0.3, 0.4) is 0 Å². The number of hydrogen-bond acceptors (Lipinski definition) is 4. The van der Waals surface area contributed by atoms with Crippen LogP contribution in [0.5, 0.6) is 0 Å². The lowest BCUT2D eigenvalue weighted by atomic mass is 9.98. The van der Waals surface area contributed by atoms with E-state index in [1.807, 2.05) is 25.7 Å². The molecule has 140 valence electrons. The van der Waals surface area contributed by atoms with Crippen LogP contribution in [-0.4, -0.2) is 55.3 Å². The van der Waals surface area contributed by atoms with E-state index < -0.39 is 5.60 Å². The average molecular weight is 342 g/mol. The molecule has 1 rings (SSSR count). The van der Waals surface area contributed by atoms with Crippen molar-refractivity contribution in [1.82, 2.24) is 10.2 Å². The van der Waals surface area contributed by atoms with Gasteiger partial charge in [-0.05, 0) is 59.3 Å². The van der Waals surface area contributed by atoms with Crippen LogP contribution in [0.15, 0.2) is 0 Å². The summed E-state index contributed by atoms with van der Waals surface area (Å²) in [6, 6.07) is 0.117. The lowest BCUT2D eigenvalue weighted by molar-refractivity contribution is -0.155. The van der Waals surface area contributed by atoms with Crippen molar-refractivity contribution in [3.8, 4) is 0 Å². The van der Waals surface area contributed by atoms with Crippen molar-refractivity contribution in [3.63, 3.8) is 0 Å². The summed E-state index contributed by atoms with van der Waals surface area (Å²) < 4.78 is 10.4. The molecule has 6 heteroatoms. The largest absolute Gasteiger partial charge is 0.460 e. The quantitative estimate of drug-likeness (QED) is 0.544. The van der Waals surface area contributed by atoms with E-state index in [9.17, 15) is 9.59 Å². The third-order valence-electron chi connectivity index (χ3n) is 4.04. The summed E-state index contributed by atoms with van der Waals surface area (Å²) in [6.45, 7) is 7.76. The summed E-state index contributed by atoms with van der Waals surface area (Å²) in [4.78, 5) is 26.2. The molecule has 1 unspecified atom stereocenters. The number of amides is 2. The Morgan fingerprint density at radius 1 is 1.21 bits per heavy atom. The minimum absolute atomic E-state index is 0.0127. The zero-order valence-electron chi connectivity index (χ0n) is 15.7. The Morgan fingerprint density at radius 2 is 1.96 bits per heavy atom. The first-order chi connectivity index (χ1) is 11.3. The molecule has 24 heavy (non-hydrogen) atoms. The van der Waals surface area contributed by atoms with Gasteiger partial charge in [0, 0.05) is 39.3 Å². The summed E-state index contributed by atoms with van der Waals surface area (Å²) in [5.41, 5.74) is -0.455. The van der Waals surface area contributed by atoms with Gasteiger partial charge in [0.2, 0.25) is 0 Å². The number of hydrogen-bond donors (Lipinski definition) is 1. The average Bonchev–Trinajstić information content (AvgIpc) is 2.51. The second-order valence-electron chi connectivity index (χ2n) is 7.40. The molecular formula is C18H34N2O4. The highest BCUT2D eigenvalue weighted by Crippen LogP contribution is 2.22. The normalized spacial score (nSPS) is 18.3. The molecule has 1 saturated heterocycles. The van der Waals surface area contributed by atoms with Gasteiger partial charge >= 0.3 is 12.0 Å². The van der Waals surface area contributed by atoms with Crippen molar-refractivity contribution in [1.29, 1.82) is 0 Å². The maximum atomic E-state index is 12.4. The number of nitrogens with zero attached hydrogens (tertiary/aromatic N) is 1. The number of urea groups is 1. The fourth-order valence-electron chi connectivity index (χ4n) is 2.91. The fourth-order valence-corrected chi connectivity index (χ4v) is 2.91. The van der Waals surface area contributed by atoms with E-state index in [1.165, 1.54) is 0 Å². The van der Waals surface area contributed by atoms with E-state index in [-0.39, 0.29) is 18.0 Å². The van der Waals surface area contributed by atoms with Gasteiger partial charge in [-0.2, -0.15) is 0 Å². The maximum absolute atomic E-state index is 12.4. The van der Waals surface area contributed by atoms with Gasteiger partial charge in [-0.25, -0.2) is 4.79 Å². The van der Waals surface area contributed by atoms with Gasteiger partial charge in [0.15, 0.2) is 0 Å². The van der Waals surface area contributed by atoms with E-state index in [0.717, 1.165) is 45.3 Å². The van der Waals surface area contributed by atoms with Crippen molar-refractivity contribution in [2.24, 2.45) is 0 Å². The predicted octanol–water partition coefficient (Wildman–Crippen LogP) is 3.10. The number of piperidine rings is 1. The Labute approximate surface area is 146 Å². The fraction of sp³-hybridized carbons (Fsp3) is 0.889. The zero-order chi connectivity index (χ0) is 18.0. The summed E-state index contributed by atoms with van der Waals surface area (Å²) in [7, 11) is 1.68. The highest BCUT2D eigenvalue weighted by atomic mass is 16.6. The Bertz CT molecular complexity index is 393. The number of ether oxygens (including phenoxy) is 2. The van der Waals surface area contributed by atoms with Crippen LogP contribution in [0.25, 0.3) is 0 Å². The summed E-state index contributed by atoms with van der Waals surface area (Å²) in [5.74, 6) is -0.187. The van der Waals surface area contributed by atoms with Gasteiger partial charge in [-0.3, -0.25) is 4.79 Å². The van der Waals surface area contributed by atoms with Gasteiger partial charge in [0.25, 0.3) is 0 Å². The standard InChI is InChI=1S/C18H34N2O4/c1-18(2,3)24-16(21)11-10-15-9-5-7-13-20(15)17(22)19-12-6-8-14-23-4/h15H,5-14H2,1-4H3,(H,19,22). The molecule has 6 nitrogen and oxygen atoms in total. The van der Waals surface area contributed by atoms with E-state index in [4.69, 9.17) is 9.47 Å². The molecule has 0 radical (unpaired) electrons. The van der Waals surface area contributed by atoms with Crippen molar-refractivity contribution >= 4 is 12.0 Å². The lowest BCUT2D eigenvalue weighted by Gasteiger charge is -2.36. The van der Waals surface area contributed by atoms with E-state index in [0.29, 0.717) is 19.4 Å². The van der Waals surface area contributed by atoms with Crippen LogP contribution in [-0.2, 0) is 14.3 Å². The third-order valence-corrected chi connectivity index (χ3v) is 4.04. The molecular weight excluding hydrogens is 308 g/mol. The van der Waals surface area contributed by atoms with Crippen LogP contribution in [0.1, 0.15) is 65.7 Å². The SMILES string of the molecule is COCCCCNC(=O)N1CCCCC1CCC(=O)OC(C)(C)C. The molecule has 1 heterocycles. The molecule has 1 N–H and O–H groups in total. The van der Waals surface area contributed by atoms with Crippen LogP contribution in [0.2, 0.25) is 0 Å². The number of nitrogens with one attached hydrogen (secondary N) is 1. The molecule has 1 aliphatic rings. The third kappa shape index (κ3) is 8.52. The molecule has 0 saturated carbocycles. The molecule has 0 aliphatic carbocycles. The molecule has 1 fully saturated rings. The number of carbonyl (C=O) groups excluding carboxylic acids is 2. The number of methoxy groups -OCH3 is 1. The van der Waals surface area contributed by atoms with Crippen molar-refractivity contribution in [3.05, 3.63) is 0 Å². The van der Waals surface area contributed by atoms with Crippen molar-refractivity contribution in [2.45, 2.75) is 77.4 Å². The van der Waals surface area contributed by atoms with Gasteiger partial charge < -0.3 is 19.7 Å². The van der Waals surface area contributed by atoms with Gasteiger partial charge in [-0.1, -0.05) is 0 Å². The van der Waals surface area contributed by atoms with Crippen molar-refractivity contribution in [2.75, 3.05) is 26.8 Å². The topological polar surface area (TPSA) is 67.9 Å². The van der Waals surface area contributed by atoms with Gasteiger partial charge in [0.1, 0.15) is 5.60 Å². The second kappa shape index (κ2) is 10.5. The van der Waals surface area contributed by atoms with Crippen LogP contribution >= 0.6 is 0 Å². The Hall–Kier alpha value is -1.30. The summed E-state index contributed by atoms with van der Waals surface area (Å²) >= 11 is 0. The predicted molar refractivity (Wildman–Crippen MR) is 93.9 cm³/mol. The highest BCUT2D eigenvalue weighted by molar-refractivity contribution is 5.75. The number of likely N-dealkylation sites (tertiary alicyclic amines) is 1. The van der Waals surface area contributed by atoms with Gasteiger partial charge in [0.05, 0.1) is 0 Å². The molecule has 1 aliphatic heterocycles.